The molecule has 1 unspecified atom stereocenters. The van der Waals surface area contributed by atoms with Crippen LogP contribution in [0.1, 0.15) is 37.3 Å². The van der Waals surface area contributed by atoms with Crippen LogP contribution in [0.4, 0.5) is 11.4 Å². The molecule has 7 heteroatoms. The Morgan fingerprint density at radius 2 is 1.64 bits per heavy atom. The monoisotopic (exact) mass is 486 g/mol. The molecule has 1 aliphatic rings. The third-order valence-corrected chi connectivity index (χ3v) is 5.83. The van der Waals surface area contributed by atoms with Crippen molar-refractivity contribution in [2.45, 2.75) is 38.0 Å². The molecule has 3 aromatic rings. The average Bonchev–Trinajstić information content (AvgIpc) is 3.03. The second-order valence-electron chi connectivity index (χ2n) is 7.77. The number of esters is 1. The van der Waals surface area contributed by atoms with Gasteiger partial charge in [-0.1, -0.05) is 36.4 Å². The van der Waals surface area contributed by atoms with Crippen molar-refractivity contribution >= 4 is 48.1 Å². The van der Waals surface area contributed by atoms with E-state index in [1.165, 1.54) is 0 Å². The predicted molar refractivity (Wildman–Crippen MR) is 135 cm³/mol. The topological polar surface area (TPSA) is 59.5 Å². The minimum Gasteiger partial charge on any atom is -0.466 e. The van der Waals surface area contributed by atoms with Gasteiger partial charge in [0.1, 0.15) is 0 Å². The van der Waals surface area contributed by atoms with Crippen LogP contribution in [0.15, 0.2) is 79.1 Å². The first-order valence-electron chi connectivity index (χ1n) is 10.7. The summed E-state index contributed by atoms with van der Waals surface area (Å²) in [7, 11) is 0. The van der Waals surface area contributed by atoms with Gasteiger partial charge in [0, 0.05) is 24.5 Å². The Balaban J connectivity index is 0.00000193. The Morgan fingerprint density at radius 1 is 0.970 bits per heavy atom. The number of hydrogen-bond donors (Lipinski definition) is 0. The van der Waals surface area contributed by atoms with Gasteiger partial charge < -0.3 is 4.74 Å². The second-order valence-corrected chi connectivity index (χ2v) is 7.77. The van der Waals surface area contributed by atoms with Crippen LogP contribution in [0, 0.1) is 0 Å². The van der Waals surface area contributed by atoms with Crippen LogP contribution in [0.2, 0.25) is 0 Å². The molecule has 1 amide bonds. The van der Waals surface area contributed by atoms with Crippen LogP contribution in [0.25, 0.3) is 0 Å². The van der Waals surface area contributed by atoms with E-state index >= 15 is 0 Å². The SMILES string of the molecule is CCOC(=O)CCCC1(Cc2ccncc2)C(=O)N(c2ccccc2)c2ccccc21.Cl.Cl. The minimum absolute atomic E-state index is 0. The van der Waals surface area contributed by atoms with Crippen LogP contribution in [-0.4, -0.2) is 23.5 Å². The van der Waals surface area contributed by atoms with Crippen LogP contribution >= 0.6 is 24.8 Å². The molecule has 1 aromatic heterocycles. The zero-order valence-corrected chi connectivity index (χ0v) is 20.1. The fraction of sp³-hybridized carbons (Fsp3) is 0.269. The molecule has 4 rings (SSSR count). The number of rotatable bonds is 8. The lowest BCUT2D eigenvalue weighted by Crippen LogP contribution is -2.40. The fourth-order valence-electron chi connectivity index (χ4n) is 4.46. The molecule has 1 atom stereocenters. The van der Waals surface area contributed by atoms with E-state index in [9.17, 15) is 9.59 Å². The quantitative estimate of drug-likeness (QED) is 0.376. The summed E-state index contributed by atoms with van der Waals surface area (Å²) in [6.07, 6.45) is 5.49. The lowest BCUT2D eigenvalue weighted by Gasteiger charge is -2.29. The van der Waals surface area contributed by atoms with Gasteiger partial charge in [-0.15, -0.1) is 24.8 Å². The molecule has 1 aliphatic heterocycles. The maximum Gasteiger partial charge on any atom is 0.305 e. The zero-order chi connectivity index (χ0) is 21.7. The van der Waals surface area contributed by atoms with Crippen LogP contribution in [0.5, 0.6) is 0 Å². The van der Waals surface area contributed by atoms with E-state index in [1.54, 1.807) is 19.3 Å². The van der Waals surface area contributed by atoms with E-state index in [0.29, 0.717) is 32.3 Å². The standard InChI is InChI=1S/C26H26N2O3.2ClH/c1-2-31-24(29)13-8-16-26(19-20-14-17-27-18-15-20)22-11-6-7-12-23(22)28(25(26)30)21-9-4-3-5-10-21;;/h3-7,9-12,14-15,17-18H,2,8,13,16,19H2,1H3;2*1H. The third kappa shape index (κ3) is 5.37. The number of hydrogen-bond acceptors (Lipinski definition) is 4. The van der Waals surface area contributed by atoms with Gasteiger partial charge in [-0.2, -0.15) is 0 Å². The molecule has 2 aromatic carbocycles. The largest absolute Gasteiger partial charge is 0.466 e. The van der Waals surface area contributed by atoms with E-state index in [-0.39, 0.29) is 36.7 Å². The van der Waals surface area contributed by atoms with E-state index in [4.69, 9.17) is 4.74 Å². The molecule has 0 aliphatic carbocycles. The maximum atomic E-state index is 14.1. The van der Waals surface area contributed by atoms with Crippen molar-refractivity contribution in [3.8, 4) is 0 Å². The van der Waals surface area contributed by atoms with Crippen molar-refractivity contribution in [1.29, 1.82) is 0 Å². The highest BCUT2D eigenvalue weighted by Crippen LogP contribution is 2.49. The number of para-hydroxylation sites is 2. The highest BCUT2D eigenvalue weighted by atomic mass is 35.5. The number of halogens is 2. The maximum absolute atomic E-state index is 14.1. The smallest absolute Gasteiger partial charge is 0.305 e. The average molecular weight is 487 g/mol. The number of pyridine rings is 1. The number of ether oxygens (including phenoxy) is 1. The van der Waals surface area contributed by atoms with E-state index < -0.39 is 5.41 Å². The lowest BCUT2D eigenvalue weighted by atomic mass is 9.73. The molecule has 33 heavy (non-hydrogen) atoms. The Labute approximate surface area is 207 Å². The fourth-order valence-corrected chi connectivity index (χ4v) is 4.46. The molecule has 0 bridgehead atoms. The Kier molecular flexibility index (Phi) is 9.44. The third-order valence-electron chi connectivity index (χ3n) is 5.83. The molecule has 5 nitrogen and oxygen atoms in total. The molecule has 0 N–H and O–H groups in total. The first-order valence-corrected chi connectivity index (χ1v) is 10.7. The molecular formula is C26H28Cl2N2O3. The van der Waals surface area contributed by atoms with Gasteiger partial charge >= 0.3 is 5.97 Å². The van der Waals surface area contributed by atoms with E-state index in [0.717, 1.165) is 22.5 Å². The van der Waals surface area contributed by atoms with Gasteiger partial charge in [-0.3, -0.25) is 19.5 Å². The first kappa shape index (κ1) is 26.4. The van der Waals surface area contributed by atoms with Crippen LogP contribution in [0.3, 0.4) is 0 Å². The molecule has 0 saturated heterocycles. The summed E-state index contributed by atoms with van der Waals surface area (Å²) in [6, 6.07) is 21.6. The number of fused-ring (bicyclic) bond motifs is 1. The number of aromatic nitrogens is 1. The highest BCUT2D eigenvalue weighted by molar-refractivity contribution is 6.13. The van der Waals surface area contributed by atoms with Crippen LogP contribution in [-0.2, 0) is 26.2 Å². The Morgan fingerprint density at radius 3 is 2.33 bits per heavy atom. The highest BCUT2D eigenvalue weighted by Gasteiger charge is 2.50. The summed E-state index contributed by atoms with van der Waals surface area (Å²) in [6.45, 7) is 2.17. The molecule has 174 valence electrons. The zero-order valence-electron chi connectivity index (χ0n) is 18.5. The van der Waals surface area contributed by atoms with Crippen LogP contribution < -0.4 is 4.90 Å². The number of amides is 1. The van der Waals surface area contributed by atoms with E-state index in [1.807, 2.05) is 71.6 Å². The molecule has 0 spiro atoms. The van der Waals surface area contributed by atoms with Gasteiger partial charge in [0.2, 0.25) is 5.91 Å². The van der Waals surface area contributed by atoms with Crippen molar-refractivity contribution in [1.82, 2.24) is 4.98 Å². The van der Waals surface area contributed by atoms with Crippen molar-refractivity contribution in [2.24, 2.45) is 0 Å². The second kappa shape index (κ2) is 11.8. The number of carbonyl (C=O) groups is 2. The van der Waals surface area contributed by atoms with Gasteiger partial charge in [0.25, 0.3) is 0 Å². The number of nitrogens with zero attached hydrogens (tertiary/aromatic N) is 2. The summed E-state index contributed by atoms with van der Waals surface area (Å²) >= 11 is 0. The van der Waals surface area contributed by atoms with Crippen molar-refractivity contribution in [3.63, 3.8) is 0 Å². The molecule has 2 heterocycles. The van der Waals surface area contributed by atoms with Gasteiger partial charge in [0.05, 0.1) is 17.7 Å². The predicted octanol–water partition coefficient (Wildman–Crippen LogP) is 5.82. The van der Waals surface area contributed by atoms with Gasteiger partial charge in [-0.05, 0) is 67.6 Å². The molecular weight excluding hydrogens is 459 g/mol. The summed E-state index contributed by atoms with van der Waals surface area (Å²) in [5.41, 5.74) is 3.06. The molecule has 0 fully saturated rings. The summed E-state index contributed by atoms with van der Waals surface area (Å²) in [5, 5.41) is 0. The van der Waals surface area contributed by atoms with Crippen molar-refractivity contribution in [3.05, 3.63) is 90.3 Å². The molecule has 0 saturated carbocycles. The summed E-state index contributed by atoms with van der Waals surface area (Å²) in [4.78, 5) is 32.0. The number of benzene rings is 2. The molecule has 0 radical (unpaired) electrons. The Bertz CT molecular complexity index is 1060. The lowest BCUT2D eigenvalue weighted by molar-refractivity contribution is -0.143. The van der Waals surface area contributed by atoms with Crippen molar-refractivity contribution in [2.75, 3.05) is 11.5 Å². The first-order chi connectivity index (χ1) is 15.2. The normalized spacial score (nSPS) is 16.4. The number of carbonyl (C=O) groups excluding carboxylic acids is 2. The summed E-state index contributed by atoms with van der Waals surface area (Å²) in [5.74, 6) is -0.180. The van der Waals surface area contributed by atoms with E-state index in [2.05, 4.69) is 4.98 Å². The van der Waals surface area contributed by atoms with Gasteiger partial charge in [-0.25, -0.2) is 0 Å². The number of anilines is 2. The summed E-state index contributed by atoms with van der Waals surface area (Å²) < 4.78 is 5.10. The van der Waals surface area contributed by atoms with Gasteiger partial charge in [0.15, 0.2) is 0 Å². The Hall–Kier alpha value is -2.89. The minimum atomic E-state index is -0.750. The van der Waals surface area contributed by atoms with Crippen molar-refractivity contribution < 1.29 is 14.3 Å².